The molecule has 0 amide bonds. The molecular weight excluding hydrogens is 325 g/mol. The number of rotatable bonds is 7. The van der Waals surface area contributed by atoms with Crippen LogP contribution >= 0.6 is 35.0 Å². The Morgan fingerprint density at radius 1 is 1.29 bits per heavy atom. The summed E-state index contributed by atoms with van der Waals surface area (Å²) in [5, 5.41) is 9.17. The molecule has 0 aliphatic heterocycles. The molecule has 1 aromatic heterocycles. The maximum Gasteiger partial charge on any atom is 0.0834 e. The minimum atomic E-state index is 0.132. The van der Waals surface area contributed by atoms with Crippen LogP contribution in [0.3, 0.4) is 0 Å². The number of benzene rings is 1. The van der Waals surface area contributed by atoms with Crippen LogP contribution < -0.4 is 5.32 Å². The topological polar surface area (TPSA) is 29.9 Å². The predicted octanol–water partition coefficient (Wildman–Crippen LogP) is 4.65. The van der Waals surface area contributed by atoms with E-state index in [4.69, 9.17) is 23.2 Å². The Hall–Kier alpha value is -0.680. The fourth-order valence-electron chi connectivity index (χ4n) is 2.14. The monoisotopic (exact) mass is 343 g/mol. The fraction of sp³-hybridized carbons (Fsp3) is 0.400. The lowest BCUT2D eigenvalue weighted by atomic mass is 10.2. The van der Waals surface area contributed by atoms with E-state index in [-0.39, 0.29) is 6.04 Å². The maximum absolute atomic E-state index is 6.31. The lowest BCUT2D eigenvalue weighted by Crippen LogP contribution is -2.23. The van der Waals surface area contributed by atoms with Crippen molar-refractivity contribution in [2.75, 3.05) is 12.8 Å². The second-order valence-corrected chi connectivity index (χ2v) is 6.56. The second-order valence-electron chi connectivity index (χ2n) is 4.68. The minimum absolute atomic E-state index is 0.132. The molecule has 0 aliphatic carbocycles. The zero-order valence-electron chi connectivity index (χ0n) is 12.1. The van der Waals surface area contributed by atoms with Gasteiger partial charge in [0.25, 0.3) is 0 Å². The molecule has 1 atom stereocenters. The molecule has 0 aliphatic rings. The molecule has 2 rings (SSSR count). The average Bonchev–Trinajstić information content (AvgIpc) is 2.84. The van der Waals surface area contributed by atoms with E-state index in [9.17, 15) is 0 Å². The molecule has 3 nitrogen and oxygen atoms in total. The van der Waals surface area contributed by atoms with E-state index in [1.807, 2.05) is 36.0 Å². The Kier molecular flexibility index (Phi) is 6.42. The van der Waals surface area contributed by atoms with E-state index in [0.717, 1.165) is 34.3 Å². The van der Waals surface area contributed by atoms with Crippen molar-refractivity contribution in [3.63, 3.8) is 0 Å². The van der Waals surface area contributed by atoms with Crippen molar-refractivity contribution >= 4 is 35.0 Å². The number of thioether (sulfide) groups is 1. The van der Waals surface area contributed by atoms with E-state index in [2.05, 4.69) is 17.3 Å². The van der Waals surface area contributed by atoms with Crippen molar-refractivity contribution in [2.24, 2.45) is 0 Å². The molecule has 2 aromatic rings. The molecule has 0 radical (unpaired) electrons. The highest BCUT2D eigenvalue weighted by Crippen LogP contribution is 2.32. The van der Waals surface area contributed by atoms with Crippen molar-refractivity contribution < 1.29 is 0 Å². The molecular formula is C15H19Cl2N3S. The summed E-state index contributed by atoms with van der Waals surface area (Å²) < 4.78 is 1.98. The van der Waals surface area contributed by atoms with Gasteiger partial charge in [-0.3, -0.25) is 4.68 Å². The van der Waals surface area contributed by atoms with Gasteiger partial charge in [0.05, 0.1) is 28.0 Å². The van der Waals surface area contributed by atoms with E-state index in [0.29, 0.717) is 5.02 Å². The van der Waals surface area contributed by atoms with E-state index in [1.165, 1.54) is 0 Å². The summed E-state index contributed by atoms with van der Waals surface area (Å²) in [6.07, 6.45) is 2.75. The molecule has 1 heterocycles. The Morgan fingerprint density at radius 3 is 2.71 bits per heavy atom. The van der Waals surface area contributed by atoms with E-state index in [1.54, 1.807) is 18.0 Å². The number of hydrogen-bond acceptors (Lipinski definition) is 3. The highest BCUT2D eigenvalue weighted by molar-refractivity contribution is 7.99. The van der Waals surface area contributed by atoms with Gasteiger partial charge in [-0.2, -0.15) is 5.10 Å². The van der Waals surface area contributed by atoms with E-state index >= 15 is 0 Å². The van der Waals surface area contributed by atoms with Crippen molar-refractivity contribution in [1.82, 2.24) is 15.1 Å². The van der Waals surface area contributed by atoms with Crippen molar-refractivity contribution in [2.45, 2.75) is 30.8 Å². The van der Waals surface area contributed by atoms with Crippen LogP contribution in [0.15, 0.2) is 35.4 Å². The van der Waals surface area contributed by atoms with Crippen LogP contribution in [0.2, 0.25) is 10.0 Å². The van der Waals surface area contributed by atoms with Gasteiger partial charge in [-0.1, -0.05) is 42.3 Å². The highest BCUT2D eigenvalue weighted by Gasteiger charge is 2.19. The first-order valence-electron chi connectivity index (χ1n) is 6.93. The first-order valence-corrected chi connectivity index (χ1v) is 8.67. The van der Waals surface area contributed by atoms with Gasteiger partial charge in [0, 0.05) is 17.2 Å². The Bertz CT molecular complexity index is 586. The van der Waals surface area contributed by atoms with Gasteiger partial charge in [-0.05, 0) is 25.6 Å². The lowest BCUT2D eigenvalue weighted by molar-refractivity contribution is 0.524. The largest absolute Gasteiger partial charge is 0.311 e. The SMILES string of the molecule is CCCn1ncc(Cl)c1C(CSc1ccccc1Cl)NC. The Morgan fingerprint density at radius 2 is 2.05 bits per heavy atom. The van der Waals surface area contributed by atoms with Gasteiger partial charge in [0.15, 0.2) is 0 Å². The molecule has 1 unspecified atom stereocenters. The summed E-state index contributed by atoms with van der Waals surface area (Å²) in [6.45, 7) is 3.00. The summed E-state index contributed by atoms with van der Waals surface area (Å²) in [4.78, 5) is 1.08. The minimum Gasteiger partial charge on any atom is -0.311 e. The van der Waals surface area contributed by atoms with Crippen LogP contribution in [0, 0.1) is 0 Å². The van der Waals surface area contributed by atoms with Gasteiger partial charge in [0.2, 0.25) is 0 Å². The number of hydrogen-bond donors (Lipinski definition) is 1. The molecule has 114 valence electrons. The number of nitrogens with zero attached hydrogens (tertiary/aromatic N) is 2. The summed E-state index contributed by atoms with van der Waals surface area (Å²) in [5.74, 6) is 0.843. The third kappa shape index (κ3) is 4.16. The molecule has 1 N–H and O–H groups in total. The average molecular weight is 344 g/mol. The summed E-state index contributed by atoms with van der Waals surface area (Å²) in [7, 11) is 1.94. The Labute approximate surface area is 140 Å². The normalized spacial score (nSPS) is 12.6. The van der Waals surface area contributed by atoms with Crippen molar-refractivity contribution in [1.29, 1.82) is 0 Å². The van der Waals surface area contributed by atoms with Crippen LogP contribution in [-0.4, -0.2) is 22.6 Å². The lowest BCUT2D eigenvalue weighted by Gasteiger charge is -2.18. The van der Waals surface area contributed by atoms with Gasteiger partial charge in [-0.25, -0.2) is 0 Å². The molecule has 0 saturated carbocycles. The van der Waals surface area contributed by atoms with Crippen LogP contribution in [0.1, 0.15) is 25.1 Å². The van der Waals surface area contributed by atoms with Crippen LogP contribution in [-0.2, 0) is 6.54 Å². The first-order chi connectivity index (χ1) is 10.2. The Balaban J connectivity index is 2.13. The first kappa shape index (κ1) is 16.7. The molecule has 0 fully saturated rings. The third-order valence-corrected chi connectivity index (χ3v) is 5.09. The molecule has 6 heteroatoms. The fourth-order valence-corrected chi connectivity index (χ4v) is 3.77. The summed E-state index contributed by atoms with van der Waals surface area (Å²) >= 11 is 14.2. The van der Waals surface area contributed by atoms with Crippen LogP contribution in [0.25, 0.3) is 0 Å². The van der Waals surface area contributed by atoms with Crippen molar-refractivity contribution in [3.8, 4) is 0 Å². The molecule has 0 bridgehead atoms. The molecule has 0 saturated heterocycles. The predicted molar refractivity (Wildman–Crippen MR) is 91.5 cm³/mol. The maximum atomic E-state index is 6.31. The number of aryl methyl sites for hydroxylation is 1. The zero-order valence-corrected chi connectivity index (χ0v) is 14.5. The quantitative estimate of drug-likeness (QED) is 0.742. The van der Waals surface area contributed by atoms with Crippen LogP contribution in [0.4, 0.5) is 0 Å². The van der Waals surface area contributed by atoms with Gasteiger partial charge < -0.3 is 5.32 Å². The van der Waals surface area contributed by atoms with Gasteiger partial charge in [0.1, 0.15) is 0 Å². The number of halogens is 2. The molecule has 1 aromatic carbocycles. The van der Waals surface area contributed by atoms with Crippen LogP contribution in [0.5, 0.6) is 0 Å². The molecule has 0 spiro atoms. The molecule has 21 heavy (non-hydrogen) atoms. The third-order valence-electron chi connectivity index (χ3n) is 3.19. The van der Waals surface area contributed by atoms with Crippen molar-refractivity contribution in [3.05, 3.63) is 46.2 Å². The van der Waals surface area contributed by atoms with Gasteiger partial charge >= 0.3 is 0 Å². The van der Waals surface area contributed by atoms with E-state index < -0.39 is 0 Å². The standard InChI is InChI=1S/C15H19Cl2N3S/c1-3-8-20-15(12(17)9-19-20)13(18-2)10-21-14-7-5-4-6-11(14)16/h4-7,9,13,18H,3,8,10H2,1-2H3. The summed E-state index contributed by atoms with van der Waals surface area (Å²) in [5.41, 5.74) is 1.04. The number of nitrogens with one attached hydrogen (secondary N) is 1. The second kappa shape index (κ2) is 8.08. The zero-order chi connectivity index (χ0) is 15.2. The number of aromatic nitrogens is 2. The smallest absolute Gasteiger partial charge is 0.0834 e. The van der Waals surface area contributed by atoms with Gasteiger partial charge in [-0.15, -0.1) is 11.8 Å². The summed E-state index contributed by atoms with van der Waals surface area (Å²) in [6, 6.07) is 8.01. The highest BCUT2D eigenvalue weighted by atomic mass is 35.5.